The molecule has 7 nitrogen and oxygen atoms in total. The van der Waals surface area contributed by atoms with Gasteiger partial charge in [0.2, 0.25) is 10.0 Å². The number of alkyl halides is 3. The van der Waals surface area contributed by atoms with Gasteiger partial charge in [0.05, 0.1) is 26.2 Å². The maximum absolute atomic E-state index is 13.4. The number of anilines is 1. The van der Waals surface area contributed by atoms with Crippen molar-refractivity contribution in [3.05, 3.63) is 51.8 Å². The van der Waals surface area contributed by atoms with E-state index in [9.17, 15) is 35.9 Å². The van der Waals surface area contributed by atoms with Gasteiger partial charge in [-0.2, -0.15) is 17.9 Å². The smallest absolute Gasteiger partial charge is 0.407 e. The highest BCUT2D eigenvalue weighted by Gasteiger charge is 2.50. The number of nitrogens with one attached hydrogen (secondary N) is 1. The van der Waals surface area contributed by atoms with Crippen molar-refractivity contribution in [3.8, 4) is 5.75 Å². The largest absolute Gasteiger partial charge is 0.504 e. The van der Waals surface area contributed by atoms with Crippen LogP contribution in [-0.2, 0) is 10.0 Å². The molecule has 2 aromatic carbocycles. The Hall–Kier alpha value is -2.28. The molecule has 202 valence electrons. The zero-order chi connectivity index (χ0) is 27.5. The van der Waals surface area contributed by atoms with Crippen LogP contribution in [0.2, 0.25) is 10.0 Å². The summed E-state index contributed by atoms with van der Waals surface area (Å²) in [6.45, 7) is 1.77. The summed E-state index contributed by atoms with van der Waals surface area (Å²) in [6.07, 6.45) is -3.67. The lowest BCUT2D eigenvalue weighted by atomic mass is 10.1. The van der Waals surface area contributed by atoms with Crippen molar-refractivity contribution in [3.63, 3.8) is 0 Å². The molecule has 0 spiro atoms. The zero-order valence-corrected chi connectivity index (χ0v) is 21.9. The number of benzene rings is 2. The number of rotatable bonds is 5. The van der Waals surface area contributed by atoms with Gasteiger partial charge in [-0.25, -0.2) is 12.8 Å². The topological polar surface area (TPSA) is 89.9 Å². The molecule has 2 aliphatic rings. The predicted molar refractivity (Wildman–Crippen MR) is 130 cm³/mol. The monoisotopic (exact) mass is 583 g/mol. The minimum absolute atomic E-state index is 0.0311. The fourth-order valence-electron chi connectivity index (χ4n) is 4.66. The van der Waals surface area contributed by atoms with Gasteiger partial charge in [-0.1, -0.05) is 23.2 Å². The van der Waals surface area contributed by atoms with Crippen molar-refractivity contribution in [1.82, 2.24) is 9.62 Å². The lowest BCUT2D eigenvalue weighted by molar-refractivity contribution is -0.180. The van der Waals surface area contributed by atoms with Gasteiger partial charge in [0.25, 0.3) is 5.91 Å². The third-order valence-electron chi connectivity index (χ3n) is 6.63. The molecule has 2 heterocycles. The van der Waals surface area contributed by atoms with E-state index >= 15 is 0 Å². The van der Waals surface area contributed by atoms with Crippen LogP contribution in [0.1, 0.15) is 37.0 Å². The van der Waals surface area contributed by atoms with E-state index in [1.54, 1.807) is 14.5 Å². The summed E-state index contributed by atoms with van der Waals surface area (Å²) >= 11 is 12.2. The van der Waals surface area contributed by atoms with Crippen LogP contribution in [0.5, 0.6) is 5.75 Å². The van der Waals surface area contributed by atoms with Crippen molar-refractivity contribution >= 4 is 44.8 Å². The number of likely N-dealkylation sites (tertiary alicyclic amines) is 1. The maximum Gasteiger partial charge on any atom is 0.407 e. The van der Waals surface area contributed by atoms with E-state index in [0.717, 1.165) is 24.3 Å². The van der Waals surface area contributed by atoms with Crippen LogP contribution in [0, 0.1) is 5.82 Å². The Morgan fingerprint density at radius 2 is 1.65 bits per heavy atom. The number of phenolic OH excluding ortho intramolecular Hbond substituents is 1. The van der Waals surface area contributed by atoms with E-state index in [0.29, 0.717) is 26.7 Å². The van der Waals surface area contributed by atoms with Gasteiger partial charge in [0.15, 0.2) is 5.75 Å². The lowest BCUT2D eigenvalue weighted by Crippen LogP contribution is -2.55. The minimum atomic E-state index is -4.86. The molecule has 37 heavy (non-hydrogen) atoms. The molecular weight excluding hydrogens is 561 g/mol. The van der Waals surface area contributed by atoms with Crippen LogP contribution in [0.15, 0.2) is 35.2 Å². The molecule has 0 aliphatic carbocycles. The molecule has 1 amide bonds. The number of phenols is 1. The second-order valence-corrected chi connectivity index (χ2v) is 12.1. The van der Waals surface area contributed by atoms with Gasteiger partial charge in [0, 0.05) is 25.2 Å². The van der Waals surface area contributed by atoms with Gasteiger partial charge in [-0.05, 0) is 57.0 Å². The number of fused-ring (bicyclic) bond motifs is 2. The normalized spacial score (nSPS) is 20.4. The Morgan fingerprint density at radius 3 is 2.19 bits per heavy atom. The first-order chi connectivity index (χ1) is 17.0. The number of hydrogen-bond donors (Lipinski definition) is 2. The first-order valence-electron chi connectivity index (χ1n) is 11.2. The average Bonchev–Trinajstić information content (AvgIpc) is 3.02. The van der Waals surface area contributed by atoms with Gasteiger partial charge in [-0.15, -0.1) is 0 Å². The molecule has 2 saturated heterocycles. The van der Waals surface area contributed by atoms with Crippen LogP contribution >= 0.6 is 23.2 Å². The third-order valence-corrected chi connectivity index (χ3v) is 8.87. The fraction of sp³-hybridized carbons (Fsp3) is 0.435. The van der Waals surface area contributed by atoms with E-state index in [4.69, 9.17) is 23.2 Å². The average molecular weight is 584 g/mol. The molecule has 0 saturated carbocycles. The summed E-state index contributed by atoms with van der Waals surface area (Å²) < 4.78 is 80.7. The van der Waals surface area contributed by atoms with Gasteiger partial charge >= 0.3 is 6.18 Å². The SMILES string of the molecule is CC(C)(NS(=O)(=O)c1cc(Cl)c(O)c(N2C3CCC2CN(C(=O)c2ccc(F)cc2Cl)C3)c1)C(F)(F)F. The van der Waals surface area contributed by atoms with E-state index in [2.05, 4.69) is 0 Å². The second kappa shape index (κ2) is 9.48. The number of hydrogen-bond acceptors (Lipinski definition) is 5. The highest BCUT2D eigenvalue weighted by atomic mass is 35.5. The Balaban J connectivity index is 1.63. The Labute approximate surface area is 221 Å². The van der Waals surface area contributed by atoms with E-state index in [-0.39, 0.29) is 46.5 Å². The molecule has 2 bridgehead atoms. The molecule has 0 aromatic heterocycles. The molecule has 2 aromatic rings. The van der Waals surface area contributed by atoms with Crippen LogP contribution in [0.25, 0.3) is 0 Å². The van der Waals surface area contributed by atoms with E-state index in [1.807, 2.05) is 0 Å². The van der Waals surface area contributed by atoms with Crippen LogP contribution in [-0.4, -0.2) is 61.2 Å². The van der Waals surface area contributed by atoms with Crippen molar-refractivity contribution in [2.45, 2.75) is 55.4 Å². The van der Waals surface area contributed by atoms with Crippen molar-refractivity contribution < 1.29 is 35.9 Å². The van der Waals surface area contributed by atoms with Crippen LogP contribution in [0.3, 0.4) is 0 Å². The van der Waals surface area contributed by atoms with Gasteiger partial charge in [0.1, 0.15) is 11.4 Å². The summed E-state index contributed by atoms with van der Waals surface area (Å²) in [6, 6.07) is 4.74. The highest BCUT2D eigenvalue weighted by molar-refractivity contribution is 7.89. The number of sulfonamides is 1. The van der Waals surface area contributed by atoms with E-state index < -0.39 is 44.1 Å². The third kappa shape index (κ3) is 5.21. The number of carbonyl (C=O) groups is 1. The fourth-order valence-corrected chi connectivity index (χ4v) is 6.63. The minimum Gasteiger partial charge on any atom is -0.504 e. The van der Waals surface area contributed by atoms with Crippen molar-refractivity contribution in [2.24, 2.45) is 0 Å². The van der Waals surface area contributed by atoms with Gasteiger partial charge in [-0.3, -0.25) is 4.79 Å². The zero-order valence-electron chi connectivity index (χ0n) is 19.6. The molecular formula is C23H23Cl2F4N3O4S. The molecule has 2 N–H and O–H groups in total. The number of aromatic hydroxyl groups is 1. The molecule has 2 fully saturated rings. The summed E-state index contributed by atoms with van der Waals surface area (Å²) in [5.41, 5.74) is -2.59. The van der Waals surface area contributed by atoms with E-state index in [1.165, 1.54) is 6.07 Å². The molecule has 2 atom stereocenters. The highest BCUT2D eigenvalue weighted by Crippen LogP contribution is 2.44. The first-order valence-corrected chi connectivity index (χ1v) is 13.4. The molecule has 0 radical (unpaired) electrons. The Morgan fingerprint density at radius 1 is 1.05 bits per heavy atom. The van der Waals surface area contributed by atoms with Crippen molar-refractivity contribution in [2.75, 3.05) is 18.0 Å². The van der Waals surface area contributed by atoms with Crippen LogP contribution < -0.4 is 9.62 Å². The lowest BCUT2D eigenvalue weighted by Gasteiger charge is -2.43. The standard InChI is InChI=1S/C23H23Cl2F4N3O4S/c1-22(2,23(27,28)29)30-37(35,36)15-8-18(25)20(33)19(9-15)32-13-4-5-14(32)11-31(10-13)21(34)16-6-3-12(26)7-17(16)24/h3,6-9,13-14,30,33H,4-5,10-11H2,1-2H3. The summed E-state index contributed by atoms with van der Waals surface area (Å²) in [5, 5.41) is 10.3. The summed E-state index contributed by atoms with van der Waals surface area (Å²) in [4.78, 5) is 15.8. The Kier molecular flexibility index (Phi) is 7.11. The summed E-state index contributed by atoms with van der Waals surface area (Å²) in [7, 11) is -4.69. The Bertz CT molecular complexity index is 1340. The van der Waals surface area contributed by atoms with Crippen LogP contribution in [0.4, 0.5) is 23.2 Å². The first kappa shape index (κ1) is 27.7. The quantitative estimate of drug-likeness (QED) is 0.486. The molecule has 14 heteroatoms. The number of piperazine rings is 1. The second-order valence-electron chi connectivity index (χ2n) is 9.63. The maximum atomic E-state index is 13.4. The molecule has 4 rings (SSSR count). The van der Waals surface area contributed by atoms with Gasteiger partial charge < -0.3 is 14.9 Å². The predicted octanol–water partition coefficient (Wildman–Crippen LogP) is 4.95. The molecule has 2 unspecified atom stereocenters. The van der Waals surface area contributed by atoms with Crippen molar-refractivity contribution in [1.29, 1.82) is 0 Å². The summed E-state index contributed by atoms with van der Waals surface area (Å²) in [5.74, 6) is -1.41. The molecule has 2 aliphatic heterocycles. The number of carbonyl (C=O) groups excluding carboxylic acids is 1. The number of halogens is 6. The number of nitrogens with zero attached hydrogens (tertiary/aromatic N) is 2. The number of amides is 1.